The molecule has 1 fully saturated rings. The first kappa shape index (κ1) is 13.6. The molecule has 0 aromatic carbocycles. The lowest BCUT2D eigenvalue weighted by atomic mass is 9.93. The van der Waals surface area contributed by atoms with Crippen LogP contribution in [-0.4, -0.2) is 40.0 Å². The van der Waals surface area contributed by atoms with Crippen LogP contribution in [0.2, 0.25) is 0 Å². The number of oxazole rings is 1. The number of hydrogen-bond acceptors (Lipinski definition) is 4. The lowest BCUT2D eigenvalue weighted by Gasteiger charge is -2.32. The van der Waals surface area contributed by atoms with Crippen LogP contribution in [0.25, 0.3) is 0 Å². The van der Waals surface area contributed by atoms with Crippen molar-refractivity contribution in [2.45, 2.75) is 32.6 Å². The Labute approximate surface area is 111 Å². The molecule has 1 atom stereocenters. The zero-order valence-corrected chi connectivity index (χ0v) is 11.0. The van der Waals surface area contributed by atoms with E-state index in [1.165, 1.54) is 6.39 Å². The van der Waals surface area contributed by atoms with E-state index in [4.69, 9.17) is 9.52 Å². The van der Waals surface area contributed by atoms with Gasteiger partial charge in [-0.05, 0) is 32.1 Å². The monoisotopic (exact) mass is 266 g/mol. The molecule has 19 heavy (non-hydrogen) atoms. The van der Waals surface area contributed by atoms with Crippen LogP contribution in [0.1, 0.15) is 41.9 Å². The lowest BCUT2D eigenvalue weighted by molar-refractivity contribution is -0.137. The summed E-state index contributed by atoms with van der Waals surface area (Å²) in [4.78, 5) is 28.5. The summed E-state index contributed by atoms with van der Waals surface area (Å²) in [6.45, 7) is 3.03. The largest absolute Gasteiger partial charge is 0.481 e. The predicted octanol–water partition coefficient (Wildman–Crippen LogP) is 1.70. The highest BCUT2D eigenvalue weighted by molar-refractivity contribution is 5.93. The molecule has 1 aromatic rings. The molecule has 1 aliphatic heterocycles. The molecule has 0 radical (unpaired) electrons. The fraction of sp³-hybridized carbons (Fsp3) is 0.615. The number of carboxylic acid groups (broad SMARTS) is 1. The molecule has 0 saturated carbocycles. The molecule has 2 rings (SSSR count). The van der Waals surface area contributed by atoms with Gasteiger partial charge in [0.25, 0.3) is 5.91 Å². The number of carbonyl (C=O) groups excluding carboxylic acids is 1. The van der Waals surface area contributed by atoms with E-state index in [2.05, 4.69) is 4.98 Å². The van der Waals surface area contributed by atoms with Crippen molar-refractivity contribution < 1.29 is 19.1 Å². The van der Waals surface area contributed by atoms with Crippen molar-refractivity contribution in [3.05, 3.63) is 17.8 Å². The fourth-order valence-electron chi connectivity index (χ4n) is 2.47. The Balaban J connectivity index is 1.95. The maximum Gasteiger partial charge on any atom is 0.303 e. The maximum absolute atomic E-state index is 12.3. The normalized spacial score (nSPS) is 19.4. The summed E-state index contributed by atoms with van der Waals surface area (Å²) in [6, 6.07) is 0. The molecule has 1 aliphatic rings. The third kappa shape index (κ3) is 3.33. The van der Waals surface area contributed by atoms with Gasteiger partial charge in [-0.3, -0.25) is 9.59 Å². The van der Waals surface area contributed by atoms with Crippen LogP contribution in [0.4, 0.5) is 0 Å². The highest BCUT2D eigenvalue weighted by Crippen LogP contribution is 2.22. The van der Waals surface area contributed by atoms with Crippen LogP contribution >= 0.6 is 0 Å². The minimum atomic E-state index is -0.782. The Kier molecular flexibility index (Phi) is 4.19. The molecule has 1 amide bonds. The summed E-state index contributed by atoms with van der Waals surface area (Å²) in [5, 5.41) is 8.70. The van der Waals surface area contributed by atoms with Crippen molar-refractivity contribution in [3.63, 3.8) is 0 Å². The van der Waals surface area contributed by atoms with E-state index < -0.39 is 5.97 Å². The first-order chi connectivity index (χ1) is 9.08. The smallest absolute Gasteiger partial charge is 0.303 e. The van der Waals surface area contributed by atoms with E-state index in [1.807, 2.05) is 0 Å². The molecular weight excluding hydrogens is 248 g/mol. The number of aromatic nitrogens is 1. The van der Waals surface area contributed by atoms with Crippen LogP contribution in [0.15, 0.2) is 10.8 Å². The van der Waals surface area contributed by atoms with Crippen molar-refractivity contribution in [3.8, 4) is 0 Å². The molecule has 1 N–H and O–H groups in total. The Bertz CT molecular complexity index is 469. The SMILES string of the molecule is Cc1ocnc1C(=O)N1CCCC(CCC(=O)O)C1. The van der Waals surface area contributed by atoms with Crippen molar-refractivity contribution in [2.75, 3.05) is 13.1 Å². The number of aryl methyl sites for hydroxylation is 1. The van der Waals surface area contributed by atoms with Gasteiger partial charge in [0.2, 0.25) is 0 Å². The zero-order valence-electron chi connectivity index (χ0n) is 11.0. The average molecular weight is 266 g/mol. The fourth-order valence-corrected chi connectivity index (χ4v) is 2.47. The third-order valence-electron chi connectivity index (χ3n) is 3.52. The zero-order chi connectivity index (χ0) is 13.8. The molecule has 1 aromatic heterocycles. The van der Waals surface area contributed by atoms with Crippen LogP contribution in [0, 0.1) is 12.8 Å². The minimum Gasteiger partial charge on any atom is -0.481 e. The van der Waals surface area contributed by atoms with Gasteiger partial charge in [-0.15, -0.1) is 0 Å². The van der Waals surface area contributed by atoms with Gasteiger partial charge in [0.15, 0.2) is 12.1 Å². The van der Waals surface area contributed by atoms with Gasteiger partial charge in [-0.1, -0.05) is 0 Å². The number of rotatable bonds is 4. The summed E-state index contributed by atoms with van der Waals surface area (Å²) >= 11 is 0. The summed E-state index contributed by atoms with van der Waals surface area (Å²) in [7, 11) is 0. The van der Waals surface area contributed by atoms with Crippen LogP contribution in [-0.2, 0) is 4.79 Å². The third-order valence-corrected chi connectivity index (χ3v) is 3.52. The molecule has 1 saturated heterocycles. The van der Waals surface area contributed by atoms with E-state index in [1.54, 1.807) is 11.8 Å². The van der Waals surface area contributed by atoms with Crippen LogP contribution < -0.4 is 0 Å². The number of nitrogens with zero attached hydrogens (tertiary/aromatic N) is 2. The van der Waals surface area contributed by atoms with Gasteiger partial charge in [0.1, 0.15) is 5.76 Å². The van der Waals surface area contributed by atoms with E-state index in [0.717, 1.165) is 12.8 Å². The number of aliphatic carboxylic acids is 1. The van der Waals surface area contributed by atoms with Crippen molar-refractivity contribution in [2.24, 2.45) is 5.92 Å². The average Bonchev–Trinajstić information content (AvgIpc) is 2.82. The standard InChI is InChI=1S/C13H18N2O4/c1-9-12(14-8-19-9)13(18)15-6-2-3-10(7-15)4-5-11(16)17/h8,10H,2-7H2,1H3,(H,16,17). The number of carbonyl (C=O) groups is 2. The summed E-state index contributed by atoms with van der Waals surface area (Å²) in [5.41, 5.74) is 0.360. The quantitative estimate of drug-likeness (QED) is 0.896. The Hall–Kier alpha value is -1.85. The summed E-state index contributed by atoms with van der Waals surface area (Å²) in [6.07, 6.45) is 3.95. The Morgan fingerprint density at radius 2 is 2.37 bits per heavy atom. The second-order valence-electron chi connectivity index (χ2n) is 4.95. The summed E-state index contributed by atoms with van der Waals surface area (Å²) in [5.74, 6) is -0.110. The molecule has 6 nitrogen and oxygen atoms in total. The predicted molar refractivity (Wildman–Crippen MR) is 66.7 cm³/mol. The molecule has 1 unspecified atom stereocenters. The van der Waals surface area contributed by atoms with E-state index in [-0.39, 0.29) is 18.2 Å². The van der Waals surface area contributed by atoms with Gasteiger partial charge >= 0.3 is 5.97 Å². The van der Waals surface area contributed by atoms with E-state index in [0.29, 0.717) is 31.0 Å². The Morgan fingerprint density at radius 1 is 1.58 bits per heavy atom. The number of hydrogen-bond donors (Lipinski definition) is 1. The molecule has 2 heterocycles. The second-order valence-corrected chi connectivity index (χ2v) is 4.95. The van der Waals surface area contributed by atoms with E-state index in [9.17, 15) is 9.59 Å². The number of amides is 1. The van der Waals surface area contributed by atoms with Gasteiger partial charge in [0.05, 0.1) is 0 Å². The number of piperidine rings is 1. The maximum atomic E-state index is 12.3. The topological polar surface area (TPSA) is 83.6 Å². The van der Waals surface area contributed by atoms with Gasteiger partial charge in [-0.2, -0.15) is 0 Å². The molecule has 0 aliphatic carbocycles. The molecule has 0 bridgehead atoms. The molecule has 6 heteroatoms. The molecule has 104 valence electrons. The highest BCUT2D eigenvalue weighted by Gasteiger charge is 2.27. The lowest BCUT2D eigenvalue weighted by Crippen LogP contribution is -2.40. The van der Waals surface area contributed by atoms with E-state index >= 15 is 0 Å². The van der Waals surface area contributed by atoms with Crippen LogP contribution in [0.3, 0.4) is 0 Å². The minimum absolute atomic E-state index is 0.119. The molecular formula is C13H18N2O4. The van der Waals surface area contributed by atoms with Crippen molar-refractivity contribution in [1.82, 2.24) is 9.88 Å². The molecule has 0 spiro atoms. The first-order valence-electron chi connectivity index (χ1n) is 6.49. The number of carboxylic acids is 1. The van der Waals surface area contributed by atoms with Gasteiger partial charge in [-0.25, -0.2) is 4.98 Å². The van der Waals surface area contributed by atoms with Crippen molar-refractivity contribution >= 4 is 11.9 Å². The highest BCUT2D eigenvalue weighted by atomic mass is 16.4. The van der Waals surface area contributed by atoms with Crippen LogP contribution in [0.5, 0.6) is 0 Å². The van der Waals surface area contributed by atoms with Gasteiger partial charge in [0, 0.05) is 19.5 Å². The van der Waals surface area contributed by atoms with Crippen molar-refractivity contribution in [1.29, 1.82) is 0 Å². The Morgan fingerprint density at radius 3 is 3.00 bits per heavy atom. The summed E-state index contributed by atoms with van der Waals surface area (Å²) < 4.78 is 5.05. The second kappa shape index (κ2) is 5.86. The first-order valence-corrected chi connectivity index (χ1v) is 6.49. The van der Waals surface area contributed by atoms with Gasteiger partial charge < -0.3 is 14.4 Å². The number of likely N-dealkylation sites (tertiary alicyclic amines) is 1.